The molecule has 6 heterocycles. The molecule has 0 radical (unpaired) electrons. The van der Waals surface area contributed by atoms with E-state index in [2.05, 4.69) is 15.0 Å². The van der Waals surface area contributed by atoms with Crippen molar-refractivity contribution in [2.75, 3.05) is 38.3 Å². The Morgan fingerprint density at radius 3 is 0.861 bits per heavy atom. The van der Waals surface area contributed by atoms with Crippen LogP contribution in [-0.4, -0.2) is 155 Å². The van der Waals surface area contributed by atoms with Crippen molar-refractivity contribution < 1.29 is 99.0 Å². The molecule has 594 valence electrons. The number of aliphatic hydroxyl groups is 3. The smallest absolute Gasteiger partial charge is 0.380 e. The summed E-state index contributed by atoms with van der Waals surface area (Å²) < 4.78 is 115. The Labute approximate surface area is 641 Å². The van der Waals surface area contributed by atoms with Gasteiger partial charge >= 0.3 is 40.7 Å². The summed E-state index contributed by atoms with van der Waals surface area (Å²) in [5.41, 5.74) is 0.425. The van der Waals surface area contributed by atoms with Gasteiger partial charge in [0.05, 0.1) is 92.7 Å². The molecule has 4 unspecified atom stereocenters. The lowest BCUT2D eigenvalue weighted by Gasteiger charge is -2.24. The summed E-state index contributed by atoms with van der Waals surface area (Å²) in [5.74, 6) is -4.10. The number of esters is 3. The van der Waals surface area contributed by atoms with Crippen molar-refractivity contribution in [2.24, 2.45) is 35.5 Å². The normalized spacial score (nSPS) is 24.3. The van der Waals surface area contributed by atoms with Gasteiger partial charge < -0.3 is 57.3 Å². The monoisotopic (exact) mass is 1620 g/mol. The first-order valence-electron chi connectivity index (χ1n) is 35.2. The van der Waals surface area contributed by atoms with E-state index in [9.17, 15) is 57.8 Å². The first kappa shape index (κ1) is 88.3. The molecule has 36 heteroatoms. The van der Waals surface area contributed by atoms with Crippen molar-refractivity contribution in [3.63, 3.8) is 0 Å². The van der Waals surface area contributed by atoms with Crippen molar-refractivity contribution >= 4 is 77.3 Å². The standard InChI is InChI=1S/3C24H33N2O8PS/c3*1-14(2)32-23(29)16(4)13-35(30,34-18-9-7-6-8-10-18)31-12-19-20(27)17(5)22(33-19)26-11-15(3)21(28)25-24(26)36/h3*6-11,14,16-17,19-20,22,27H,12-13H2,1-5H3,(H,25,28,36)/t16-,17-,19+,20?,22+,35?;16-,17-,19+,20?,22+,35+;16-,17-,19+,20?,22+,35-/m111/s1. The molecule has 30 nitrogen and oxygen atoms in total. The summed E-state index contributed by atoms with van der Waals surface area (Å²) in [6.45, 7) is 24.7. The summed E-state index contributed by atoms with van der Waals surface area (Å²) in [5, 5.41) is 32.5. The van der Waals surface area contributed by atoms with Crippen molar-refractivity contribution in [1.82, 2.24) is 28.7 Å². The predicted octanol–water partition coefficient (Wildman–Crippen LogP) is 12.0. The van der Waals surface area contributed by atoms with Gasteiger partial charge in [-0.05, 0) is 135 Å². The van der Waals surface area contributed by atoms with Gasteiger partial charge in [-0.3, -0.25) is 71.0 Å². The van der Waals surface area contributed by atoms with Crippen LogP contribution in [0.25, 0.3) is 0 Å². The van der Waals surface area contributed by atoms with Crippen molar-refractivity contribution in [3.8, 4) is 17.2 Å². The molecule has 108 heavy (non-hydrogen) atoms. The van der Waals surface area contributed by atoms with E-state index >= 15 is 0 Å². The molecule has 9 rings (SSSR count). The Morgan fingerprint density at radius 1 is 0.426 bits per heavy atom. The van der Waals surface area contributed by atoms with Crippen LogP contribution in [0.2, 0.25) is 0 Å². The van der Waals surface area contributed by atoms with Gasteiger partial charge in [0.2, 0.25) is 0 Å². The molecule has 0 spiro atoms. The number of nitrogens with one attached hydrogen (secondary N) is 3. The van der Waals surface area contributed by atoms with E-state index < -0.39 is 132 Å². The van der Waals surface area contributed by atoms with Crippen LogP contribution in [0.4, 0.5) is 0 Å². The second kappa shape index (κ2) is 39.3. The van der Waals surface area contributed by atoms with E-state index in [0.717, 1.165) is 0 Å². The lowest BCUT2D eigenvalue weighted by Crippen LogP contribution is -2.30. The minimum atomic E-state index is -3.88. The third-order valence-corrected chi connectivity index (χ3v) is 24.4. The first-order valence-corrected chi connectivity index (χ1v) is 41.6. The zero-order valence-corrected chi connectivity index (χ0v) is 68.0. The van der Waals surface area contributed by atoms with E-state index in [1.54, 1.807) is 227 Å². The number of aliphatic hydroxyl groups excluding tert-OH is 3. The Hall–Kier alpha value is -6.90. The van der Waals surface area contributed by atoms with Crippen LogP contribution in [0.1, 0.15) is 118 Å². The van der Waals surface area contributed by atoms with Crippen LogP contribution < -0.4 is 30.2 Å². The van der Waals surface area contributed by atoms with E-state index in [1.807, 2.05) is 0 Å². The highest BCUT2D eigenvalue weighted by Gasteiger charge is 2.48. The molecule has 6 aromatic rings. The van der Waals surface area contributed by atoms with Crippen molar-refractivity contribution in [3.05, 3.63) is 172 Å². The van der Waals surface area contributed by atoms with Gasteiger partial charge in [0.1, 0.15) is 54.2 Å². The first-order chi connectivity index (χ1) is 50.7. The molecule has 0 amide bonds. The molecule has 3 aromatic carbocycles. The molecule has 6 N–H and O–H groups in total. The fraction of sp³-hybridized carbons (Fsp3) is 0.542. The number of carbonyl (C=O) groups is 3. The van der Waals surface area contributed by atoms with Crippen LogP contribution in [0.15, 0.2) is 124 Å². The minimum absolute atomic E-state index is 0.159. The number of ether oxygens (including phenoxy) is 6. The molecule has 18 atom stereocenters. The summed E-state index contributed by atoms with van der Waals surface area (Å²) in [6, 6.07) is 25.5. The Balaban J connectivity index is 0.000000226. The van der Waals surface area contributed by atoms with E-state index in [4.69, 9.17) is 92.2 Å². The fourth-order valence-corrected chi connectivity index (χ4v) is 17.8. The number of para-hydroxylation sites is 3. The van der Waals surface area contributed by atoms with Crippen molar-refractivity contribution in [2.45, 2.75) is 177 Å². The summed E-state index contributed by atoms with van der Waals surface area (Å²) in [7, 11) is -11.6. The number of benzene rings is 3. The molecule has 3 aliphatic heterocycles. The molecule has 0 bridgehead atoms. The molecular weight excluding hydrogens is 1520 g/mol. The second-order valence-electron chi connectivity index (χ2n) is 27.8. The molecule has 3 aromatic heterocycles. The zero-order valence-electron chi connectivity index (χ0n) is 62.9. The van der Waals surface area contributed by atoms with Gasteiger partial charge in [0.15, 0.2) is 14.3 Å². The van der Waals surface area contributed by atoms with E-state index in [0.29, 0.717) is 33.9 Å². The topological polar surface area (TPSA) is 387 Å². The largest absolute Gasteiger partial charge is 0.463 e. The number of rotatable bonds is 30. The van der Waals surface area contributed by atoms with Crippen LogP contribution in [0.5, 0.6) is 17.2 Å². The molecule has 3 aliphatic rings. The number of hydrogen-bond acceptors (Lipinski definition) is 27. The Kier molecular flexibility index (Phi) is 32.2. The molecule has 3 saturated heterocycles. The Bertz CT molecular complexity index is 4090. The molecule has 0 saturated carbocycles. The average molecular weight is 1620 g/mol. The van der Waals surface area contributed by atoms with Crippen LogP contribution in [0.3, 0.4) is 0 Å². The van der Waals surface area contributed by atoms with Gasteiger partial charge in [0.25, 0.3) is 16.7 Å². The summed E-state index contributed by atoms with van der Waals surface area (Å²) >= 11 is 15.8. The van der Waals surface area contributed by atoms with Gasteiger partial charge in [0, 0.05) is 53.0 Å². The maximum atomic E-state index is 13.8. The lowest BCUT2D eigenvalue weighted by atomic mass is 10.0. The summed E-state index contributed by atoms with van der Waals surface area (Å²) in [4.78, 5) is 80.4. The SMILES string of the molecule is Cc1cn([C@H]2O[C@@H](COP(=O)(C[C@@H](C)C(=O)OC(C)C)Oc3ccccc3)C(O)[C@H]2C)c(=S)[nH]c1=O.Cc1cn([C@H]2O[C@@H](CO[P@@](=O)(C[C@@H](C)C(=O)OC(C)C)Oc3ccccc3)C(O)[C@H]2C)c(=S)[nH]c1=O.Cc1cn([C@H]2O[C@@H](CO[P@](=O)(C[C@@H](C)C(=O)OC(C)C)Oc3ccccc3)C(O)[C@H]2C)c(=S)[nH]c1=O. The predicted molar refractivity (Wildman–Crippen MR) is 407 cm³/mol. The van der Waals surface area contributed by atoms with Gasteiger partial charge in [-0.15, -0.1) is 0 Å². The second-order valence-corrected chi connectivity index (χ2v) is 35.1. The minimum Gasteiger partial charge on any atom is -0.463 e. The number of aromatic nitrogens is 6. The lowest BCUT2D eigenvalue weighted by molar-refractivity contribution is -0.152. The number of hydrogen-bond donors (Lipinski definition) is 6. The number of nitrogens with zero attached hydrogens (tertiary/aromatic N) is 3. The maximum absolute atomic E-state index is 13.8. The average Bonchev–Trinajstić information content (AvgIpc) is 1.65. The zero-order chi connectivity index (χ0) is 79.9. The quantitative estimate of drug-likeness (QED) is 0.0106. The van der Waals surface area contributed by atoms with Gasteiger partial charge in [-0.25, -0.2) is 13.7 Å². The van der Waals surface area contributed by atoms with Gasteiger partial charge in [-0.1, -0.05) is 96.1 Å². The third kappa shape index (κ3) is 24.5. The molecule has 3 fully saturated rings. The van der Waals surface area contributed by atoms with Crippen molar-refractivity contribution in [1.29, 1.82) is 0 Å². The number of carbonyl (C=O) groups excluding carboxylic acids is 3. The van der Waals surface area contributed by atoms with E-state index in [-0.39, 0.29) is 87.6 Å². The highest BCUT2D eigenvalue weighted by Crippen LogP contribution is 2.54. The Morgan fingerprint density at radius 2 is 0.648 bits per heavy atom. The fourth-order valence-electron chi connectivity index (χ4n) is 11.5. The molecular formula is C72H99N6O24P3S3. The van der Waals surface area contributed by atoms with Crippen LogP contribution in [-0.2, 0) is 70.1 Å². The summed E-state index contributed by atoms with van der Waals surface area (Å²) in [6.07, 6.45) is -4.43. The molecule has 0 aliphatic carbocycles. The van der Waals surface area contributed by atoms with Crippen LogP contribution in [0, 0.1) is 70.6 Å². The van der Waals surface area contributed by atoms with Crippen LogP contribution >= 0.6 is 59.4 Å². The number of aryl methyl sites for hydroxylation is 3. The van der Waals surface area contributed by atoms with Gasteiger partial charge in [-0.2, -0.15) is 0 Å². The highest BCUT2D eigenvalue weighted by molar-refractivity contribution is 7.71. The number of H-pyrrole nitrogens is 3. The third-order valence-electron chi connectivity index (χ3n) is 17.3. The maximum Gasteiger partial charge on any atom is 0.380 e. The highest BCUT2D eigenvalue weighted by atomic mass is 32.1. The van der Waals surface area contributed by atoms with E-state index in [1.165, 1.54) is 0 Å². The number of aromatic amines is 3.